The zero-order valence-electron chi connectivity index (χ0n) is 18.5. The molecule has 2 heterocycles. The van der Waals surface area contributed by atoms with Crippen LogP contribution in [0.1, 0.15) is 4.88 Å². The van der Waals surface area contributed by atoms with E-state index < -0.39 is 37.1 Å². The average Bonchev–Trinajstić information content (AvgIpc) is 3.49. The van der Waals surface area contributed by atoms with E-state index in [1.165, 1.54) is 30.3 Å². The monoisotopic (exact) mass is 619 g/mol. The normalized spacial score (nSPS) is 12.1. The van der Waals surface area contributed by atoms with Gasteiger partial charge in [-0.1, -0.05) is 17.7 Å². The molecule has 2 N–H and O–H groups in total. The van der Waals surface area contributed by atoms with E-state index in [1.807, 2.05) is 6.07 Å². The molecular formula is C22H13ClF3N3O5S4. The van der Waals surface area contributed by atoms with Crippen molar-refractivity contribution in [2.24, 2.45) is 0 Å². The van der Waals surface area contributed by atoms with Crippen LogP contribution < -0.4 is 14.2 Å². The molecule has 0 saturated carbocycles. The highest BCUT2D eigenvalue weighted by Gasteiger charge is 2.31. The second kappa shape index (κ2) is 10.5. The van der Waals surface area contributed by atoms with Gasteiger partial charge in [-0.05, 0) is 66.2 Å². The summed E-state index contributed by atoms with van der Waals surface area (Å²) >= 11 is 7.80. The highest BCUT2D eigenvalue weighted by molar-refractivity contribution is 7.94. The lowest BCUT2D eigenvalue weighted by Crippen LogP contribution is -2.18. The fourth-order valence-electron chi connectivity index (χ4n) is 3.09. The van der Waals surface area contributed by atoms with Gasteiger partial charge in [-0.3, -0.25) is 9.44 Å². The zero-order chi connectivity index (χ0) is 27.7. The summed E-state index contributed by atoms with van der Waals surface area (Å²) in [6.45, 7) is 0. The van der Waals surface area contributed by atoms with Crippen LogP contribution in [0.5, 0.6) is 5.75 Å². The van der Waals surface area contributed by atoms with Crippen LogP contribution in [-0.2, 0) is 20.0 Å². The average molecular weight is 620 g/mol. The van der Waals surface area contributed by atoms with Crippen molar-refractivity contribution >= 4 is 65.7 Å². The van der Waals surface area contributed by atoms with Crippen LogP contribution in [0.25, 0.3) is 10.4 Å². The van der Waals surface area contributed by atoms with Crippen molar-refractivity contribution in [2.75, 3.05) is 9.44 Å². The lowest BCUT2D eigenvalue weighted by Gasteiger charge is -2.16. The maximum absolute atomic E-state index is 13.0. The number of ether oxygens (including phenoxy) is 1. The van der Waals surface area contributed by atoms with Crippen LogP contribution in [0.15, 0.2) is 75.8 Å². The van der Waals surface area contributed by atoms with Crippen molar-refractivity contribution in [3.05, 3.63) is 75.9 Å². The van der Waals surface area contributed by atoms with Gasteiger partial charge >= 0.3 is 6.36 Å². The van der Waals surface area contributed by atoms with E-state index in [0.29, 0.717) is 15.3 Å². The third-order valence-electron chi connectivity index (χ3n) is 4.69. The second-order valence-corrected chi connectivity index (χ2v) is 13.7. The van der Waals surface area contributed by atoms with Crippen molar-refractivity contribution in [2.45, 2.75) is 15.5 Å². The molecule has 198 valence electrons. The Balaban J connectivity index is 1.71. The Hall–Kier alpha value is -3.29. The summed E-state index contributed by atoms with van der Waals surface area (Å²) in [6.07, 6.45) is -4.95. The third-order valence-corrected chi connectivity index (χ3v) is 10.2. The van der Waals surface area contributed by atoms with Gasteiger partial charge in [0, 0.05) is 4.88 Å². The Morgan fingerprint density at radius 1 is 0.842 bits per heavy atom. The van der Waals surface area contributed by atoms with Crippen molar-refractivity contribution in [3.63, 3.8) is 0 Å². The minimum absolute atomic E-state index is 0.121. The molecule has 0 spiro atoms. The highest BCUT2D eigenvalue weighted by atomic mass is 35.5. The third kappa shape index (κ3) is 6.58. The standard InChI is InChI=1S/C22H13ClF3N3O5S4/c23-20-9-10-21(36-20)38(32,33)29-18-11-13(19-8-4-15(12-27)35-19)1-7-17(18)28-37(30,31)16-5-2-14(3-6-16)34-22(24,25)26/h1-11,28-29H. The molecular weight excluding hydrogens is 607 g/mol. The molecule has 38 heavy (non-hydrogen) atoms. The van der Waals surface area contributed by atoms with Crippen LogP contribution in [0.2, 0.25) is 4.34 Å². The van der Waals surface area contributed by atoms with Gasteiger partial charge in [-0.25, -0.2) is 16.8 Å². The molecule has 0 bridgehead atoms. The molecule has 0 aliphatic rings. The van der Waals surface area contributed by atoms with Gasteiger partial charge in [-0.15, -0.1) is 35.8 Å². The summed E-state index contributed by atoms with van der Waals surface area (Å²) in [4.78, 5) is 0.640. The van der Waals surface area contributed by atoms with E-state index >= 15 is 0 Å². The number of hydrogen-bond donors (Lipinski definition) is 2. The number of nitriles is 1. The first-order chi connectivity index (χ1) is 17.8. The second-order valence-electron chi connectivity index (χ2n) is 7.32. The lowest BCUT2D eigenvalue weighted by atomic mass is 10.1. The number of hydrogen-bond acceptors (Lipinski definition) is 8. The first kappa shape index (κ1) is 27.7. The zero-order valence-corrected chi connectivity index (χ0v) is 22.5. The van der Waals surface area contributed by atoms with Crippen molar-refractivity contribution in [3.8, 4) is 22.3 Å². The quantitative estimate of drug-likeness (QED) is 0.232. The number of benzene rings is 2. The maximum Gasteiger partial charge on any atom is 0.573 e. The van der Waals surface area contributed by atoms with E-state index in [9.17, 15) is 30.0 Å². The number of anilines is 2. The molecule has 2 aromatic heterocycles. The molecule has 0 unspecified atom stereocenters. The van der Waals surface area contributed by atoms with Gasteiger partial charge in [0.1, 0.15) is 20.9 Å². The number of nitrogens with zero attached hydrogens (tertiary/aromatic N) is 1. The molecule has 2 aromatic carbocycles. The molecule has 0 radical (unpaired) electrons. The highest BCUT2D eigenvalue weighted by Crippen LogP contribution is 2.36. The number of thiophene rings is 2. The molecule has 0 aliphatic heterocycles. The Labute approximate surface area is 228 Å². The fourth-order valence-corrected chi connectivity index (χ4v) is 7.52. The molecule has 0 fully saturated rings. The first-order valence-electron chi connectivity index (χ1n) is 10.1. The first-order valence-corrected chi connectivity index (χ1v) is 15.0. The summed E-state index contributed by atoms with van der Waals surface area (Å²) in [5.74, 6) is -0.614. The smallest absolute Gasteiger partial charge is 0.406 e. The molecule has 0 amide bonds. The van der Waals surface area contributed by atoms with E-state index in [2.05, 4.69) is 14.2 Å². The SMILES string of the molecule is N#Cc1ccc(-c2ccc(NS(=O)(=O)c3ccc(OC(F)(F)F)cc3)c(NS(=O)(=O)c3ccc(Cl)s3)c2)s1. The summed E-state index contributed by atoms with van der Waals surface area (Å²) < 4.78 is 97.6. The fraction of sp³-hybridized carbons (Fsp3) is 0.0455. The van der Waals surface area contributed by atoms with Gasteiger partial charge in [0.15, 0.2) is 0 Å². The van der Waals surface area contributed by atoms with Crippen molar-refractivity contribution in [1.29, 1.82) is 5.26 Å². The Morgan fingerprint density at radius 3 is 2.11 bits per heavy atom. The summed E-state index contributed by atoms with van der Waals surface area (Å²) in [6, 6.07) is 15.6. The number of alkyl halides is 3. The van der Waals surface area contributed by atoms with Gasteiger partial charge in [0.25, 0.3) is 20.0 Å². The largest absolute Gasteiger partial charge is 0.573 e. The lowest BCUT2D eigenvalue weighted by molar-refractivity contribution is -0.274. The topological polar surface area (TPSA) is 125 Å². The molecule has 0 aliphatic carbocycles. The molecule has 0 atom stereocenters. The summed E-state index contributed by atoms with van der Waals surface area (Å²) in [7, 11) is -8.55. The molecule has 16 heteroatoms. The molecule has 0 saturated heterocycles. The number of sulfonamides is 2. The molecule has 8 nitrogen and oxygen atoms in total. The van der Waals surface area contributed by atoms with Crippen LogP contribution in [0.4, 0.5) is 24.5 Å². The summed E-state index contributed by atoms with van der Waals surface area (Å²) in [5, 5.41) is 9.10. The van der Waals surface area contributed by atoms with E-state index in [0.717, 1.165) is 46.9 Å². The predicted octanol–water partition coefficient (Wildman–Crippen LogP) is 6.50. The Morgan fingerprint density at radius 2 is 1.53 bits per heavy atom. The number of rotatable bonds is 8. The minimum atomic E-state index is -4.95. The molecule has 4 aromatic rings. The van der Waals surface area contributed by atoms with Crippen LogP contribution >= 0.6 is 34.3 Å². The predicted molar refractivity (Wildman–Crippen MR) is 139 cm³/mol. The van der Waals surface area contributed by atoms with Gasteiger partial charge in [0.05, 0.1) is 20.6 Å². The van der Waals surface area contributed by atoms with Crippen LogP contribution in [0.3, 0.4) is 0 Å². The number of halogens is 4. The summed E-state index contributed by atoms with van der Waals surface area (Å²) in [5.41, 5.74) is 0.196. The van der Waals surface area contributed by atoms with Gasteiger partial charge in [-0.2, -0.15) is 5.26 Å². The number of nitrogens with one attached hydrogen (secondary N) is 2. The van der Waals surface area contributed by atoms with Crippen LogP contribution in [0, 0.1) is 11.3 Å². The maximum atomic E-state index is 13.0. The van der Waals surface area contributed by atoms with Gasteiger partial charge in [0.2, 0.25) is 0 Å². The Kier molecular flexibility index (Phi) is 7.64. The van der Waals surface area contributed by atoms with E-state index in [4.69, 9.17) is 16.9 Å². The van der Waals surface area contributed by atoms with Crippen molar-refractivity contribution in [1.82, 2.24) is 0 Å². The van der Waals surface area contributed by atoms with Gasteiger partial charge < -0.3 is 4.74 Å². The minimum Gasteiger partial charge on any atom is -0.406 e. The Bertz CT molecular complexity index is 1740. The molecule has 4 rings (SSSR count). The van der Waals surface area contributed by atoms with E-state index in [-0.39, 0.29) is 19.9 Å². The van der Waals surface area contributed by atoms with Crippen LogP contribution in [-0.4, -0.2) is 23.2 Å². The van der Waals surface area contributed by atoms with Crippen molar-refractivity contribution < 1.29 is 34.7 Å². The van der Waals surface area contributed by atoms with E-state index in [1.54, 1.807) is 12.1 Å².